The normalized spacial score (nSPS) is 29.9. The van der Waals surface area contributed by atoms with E-state index in [0.29, 0.717) is 31.2 Å². The summed E-state index contributed by atoms with van der Waals surface area (Å²) in [6.07, 6.45) is 6.18. The van der Waals surface area contributed by atoms with Crippen molar-refractivity contribution in [3.05, 3.63) is 0 Å². The third-order valence-electron chi connectivity index (χ3n) is 5.47. The zero-order chi connectivity index (χ0) is 17.1. The lowest BCUT2D eigenvalue weighted by atomic mass is 9.82. The van der Waals surface area contributed by atoms with E-state index in [1.165, 1.54) is 24.2 Å². The molecule has 2 unspecified atom stereocenters. The standard InChI is InChI=1S/C16H28N6O2.HI/c1-17-15(18-6-7-22-14(23)10-19-16(22)24)20-11-8-12-4-3-5-13(9-11)21(12)2;/h11-13H,3-10H2,1-2H3,(H,19,24)(H2,17,18,20);1H. The molecule has 3 heterocycles. The molecule has 25 heavy (non-hydrogen) atoms. The van der Waals surface area contributed by atoms with Gasteiger partial charge in [0.1, 0.15) is 0 Å². The number of urea groups is 1. The van der Waals surface area contributed by atoms with Crippen LogP contribution in [0.3, 0.4) is 0 Å². The SMILES string of the molecule is CN=C(NCCN1C(=O)CNC1=O)NC1CC2CCCC(C1)N2C.I. The molecule has 0 aromatic heterocycles. The number of carbonyl (C=O) groups excluding carboxylic acids is 2. The van der Waals surface area contributed by atoms with Crippen LogP contribution in [0.15, 0.2) is 4.99 Å². The van der Waals surface area contributed by atoms with Gasteiger partial charge in [-0.25, -0.2) is 4.79 Å². The number of nitrogens with zero attached hydrogens (tertiary/aromatic N) is 3. The first-order chi connectivity index (χ1) is 11.6. The lowest BCUT2D eigenvalue weighted by Crippen LogP contribution is -2.57. The molecule has 3 fully saturated rings. The average Bonchev–Trinajstić information content (AvgIpc) is 2.86. The van der Waals surface area contributed by atoms with Gasteiger partial charge in [0.05, 0.1) is 6.54 Å². The number of imide groups is 1. The molecular formula is C16H29IN6O2. The van der Waals surface area contributed by atoms with Crippen LogP contribution >= 0.6 is 24.0 Å². The quantitative estimate of drug-likeness (QED) is 0.242. The molecule has 0 aromatic carbocycles. The minimum Gasteiger partial charge on any atom is -0.355 e. The summed E-state index contributed by atoms with van der Waals surface area (Å²) in [5, 5.41) is 9.25. The van der Waals surface area contributed by atoms with E-state index >= 15 is 0 Å². The Kier molecular flexibility index (Phi) is 7.29. The number of hydrogen-bond donors (Lipinski definition) is 3. The number of rotatable bonds is 4. The minimum absolute atomic E-state index is 0. The summed E-state index contributed by atoms with van der Waals surface area (Å²) in [6.45, 7) is 0.951. The smallest absolute Gasteiger partial charge is 0.324 e. The first kappa shape index (κ1) is 20.2. The summed E-state index contributed by atoms with van der Waals surface area (Å²) >= 11 is 0. The molecule has 3 saturated heterocycles. The van der Waals surface area contributed by atoms with Crippen LogP contribution in [0.2, 0.25) is 0 Å². The number of halogens is 1. The van der Waals surface area contributed by atoms with Gasteiger partial charge in [0.25, 0.3) is 0 Å². The summed E-state index contributed by atoms with van der Waals surface area (Å²) in [4.78, 5) is 31.1. The van der Waals surface area contributed by atoms with Crippen molar-refractivity contribution in [3.63, 3.8) is 0 Å². The molecule has 3 amide bonds. The van der Waals surface area contributed by atoms with Crippen molar-refractivity contribution in [3.8, 4) is 0 Å². The maximum absolute atomic E-state index is 11.6. The highest BCUT2D eigenvalue weighted by Gasteiger charge is 2.36. The zero-order valence-corrected chi connectivity index (χ0v) is 17.3. The molecular weight excluding hydrogens is 435 g/mol. The van der Waals surface area contributed by atoms with Crippen LogP contribution in [0.1, 0.15) is 32.1 Å². The number of nitrogens with one attached hydrogen (secondary N) is 3. The van der Waals surface area contributed by atoms with Crippen molar-refractivity contribution in [1.29, 1.82) is 0 Å². The molecule has 0 radical (unpaired) electrons. The Morgan fingerprint density at radius 1 is 1.28 bits per heavy atom. The van der Waals surface area contributed by atoms with Crippen molar-refractivity contribution in [2.24, 2.45) is 4.99 Å². The van der Waals surface area contributed by atoms with E-state index in [2.05, 4.69) is 32.9 Å². The molecule has 0 aromatic rings. The summed E-state index contributed by atoms with van der Waals surface area (Å²) in [6, 6.07) is 1.45. The number of aliphatic imine (C=N–C) groups is 1. The number of guanidine groups is 1. The van der Waals surface area contributed by atoms with Crippen LogP contribution in [0.25, 0.3) is 0 Å². The molecule has 3 N–H and O–H groups in total. The Hall–Kier alpha value is -1.10. The maximum atomic E-state index is 11.6. The number of hydrogen-bond acceptors (Lipinski definition) is 4. The summed E-state index contributed by atoms with van der Waals surface area (Å²) in [7, 11) is 3.99. The number of fused-ring (bicyclic) bond motifs is 2. The average molecular weight is 464 g/mol. The lowest BCUT2D eigenvalue weighted by molar-refractivity contribution is -0.124. The van der Waals surface area contributed by atoms with Gasteiger partial charge >= 0.3 is 6.03 Å². The van der Waals surface area contributed by atoms with Crippen LogP contribution in [-0.2, 0) is 4.79 Å². The van der Waals surface area contributed by atoms with Crippen molar-refractivity contribution in [2.45, 2.75) is 50.2 Å². The first-order valence-electron chi connectivity index (χ1n) is 8.85. The second-order valence-electron chi connectivity index (χ2n) is 6.92. The van der Waals surface area contributed by atoms with Crippen LogP contribution in [-0.4, -0.2) is 79.6 Å². The van der Waals surface area contributed by atoms with Gasteiger partial charge in [-0.2, -0.15) is 0 Å². The van der Waals surface area contributed by atoms with Crippen molar-refractivity contribution in [2.75, 3.05) is 33.7 Å². The van der Waals surface area contributed by atoms with Gasteiger partial charge in [-0.3, -0.25) is 14.7 Å². The second-order valence-corrected chi connectivity index (χ2v) is 6.92. The fraction of sp³-hybridized carbons (Fsp3) is 0.812. The first-order valence-corrected chi connectivity index (χ1v) is 8.85. The summed E-state index contributed by atoms with van der Waals surface area (Å²) in [5.41, 5.74) is 0. The van der Waals surface area contributed by atoms with Gasteiger partial charge in [-0.1, -0.05) is 6.42 Å². The Morgan fingerprint density at radius 2 is 1.96 bits per heavy atom. The topological polar surface area (TPSA) is 89.1 Å². The van der Waals surface area contributed by atoms with Crippen LogP contribution < -0.4 is 16.0 Å². The van der Waals surface area contributed by atoms with Crippen LogP contribution in [0, 0.1) is 0 Å². The Labute approximate surface area is 166 Å². The highest BCUT2D eigenvalue weighted by atomic mass is 127. The Morgan fingerprint density at radius 3 is 2.52 bits per heavy atom. The minimum atomic E-state index is -0.312. The van der Waals surface area contributed by atoms with Gasteiger partial charge in [-0.15, -0.1) is 24.0 Å². The molecule has 3 aliphatic heterocycles. The van der Waals surface area contributed by atoms with Crippen molar-refractivity contribution >= 4 is 41.9 Å². The maximum Gasteiger partial charge on any atom is 0.324 e. The van der Waals surface area contributed by atoms with E-state index in [4.69, 9.17) is 0 Å². The van der Waals surface area contributed by atoms with E-state index in [9.17, 15) is 9.59 Å². The van der Waals surface area contributed by atoms with E-state index in [-0.39, 0.29) is 42.5 Å². The molecule has 0 aliphatic carbocycles. The summed E-state index contributed by atoms with van der Waals surface area (Å²) in [5.74, 6) is 0.572. The van der Waals surface area contributed by atoms with E-state index in [0.717, 1.165) is 18.8 Å². The fourth-order valence-corrected chi connectivity index (χ4v) is 4.09. The largest absolute Gasteiger partial charge is 0.355 e. The highest BCUT2D eigenvalue weighted by molar-refractivity contribution is 14.0. The van der Waals surface area contributed by atoms with E-state index < -0.39 is 0 Å². The second kappa shape index (κ2) is 9.02. The third kappa shape index (κ3) is 4.75. The molecule has 3 rings (SSSR count). The van der Waals surface area contributed by atoms with Gasteiger partial charge < -0.3 is 20.9 Å². The van der Waals surface area contributed by atoms with Gasteiger partial charge in [0.2, 0.25) is 5.91 Å². The highest BCUT2D eigenvalue weighted by Crippen LogP contribution is 2.32. The van der Waals surface area contributed by atoms with Gasteiger partial charge in [0, 0.05) is 38.3 Å². The Balaban J connectivity index is 0.00000225. The molecule has 8 nitrogen and oxygen atoms in total. The number of piperidine rings is 2. The molecule has 2 atom stereocenters. The molecule has 9 heteroatoms. The van der Waals surface area contributed by atoms with Crippen LogP contribution in [0.5, 0.6) is 0 Å². The lowest BCUT2D eigenvalue weighted by Gasteiger charge is -2.47. The zero-order valence-electron chi connectivity index (χ0n) is 15.0. The Bertz CT molecular complexity index is 499. The summed E-state index contributed by atoms with van der Waals surface area (Å²) < 4.78 is 0. The molecule has 0 spiro atoms. The van der Waals surface area contributed by atoms with E-state index in [1.54, 1.807) is 7.05 Å². The number of amides is 3. The molecule has 142 valence electrons. The number of carbonyl (C=O) groups is 2. The third-order valence-corrected chi connectivity index (χ3v) is 5.47. The molecule has 3 aliphatic rings. The monoisotopic (exact) mass is 464 g/mol. The van der Waals surface area contributed by atoms with Crippen LogP contribution in [0.4, 0.5) is 4.79 Å². The van der Waals surface area contributed by atoms with Crippen molar-refractivity contribution < 1.29 is 9.59 Å². The van der Waals surface area contributed by atoms with Crippen molar-refractivity contribution in [1.82, 2.24) is 25.8 Å². The molecule has 2 bridgehead atoms. The molecule has 0 saturated carbocycles. The van der Waals surface area contributed by atoms with Gasteiger partial charge in [-0.05, 0) is 32.7 Å². The predicted octanol–water partition coefficient (Wildman–Crippen LogP) is 0.337. The van der Waals surface area contributed by atoms with E-state index in [1.807, 2.05) is 0 Å². The predicted molar refractivity (Wildman–Crippen MR) is 107 cm³/mol. The van der Waals surface area contributed by atoms with Gasteiger partial charge in [0.15, 0.2) is 5.96 Å². The fourth-order valence-electron chi connectivity index (χ4n) is 4.09.